The summed E-state index contributed by atoms with van der Waals surface area (Å²) in [5.74, 6) is 1.03. The summed E-state index contributed by atoms with van der Waals surface area (Å²) in [6, 6.07) is 8.11. The number of amides is 1. The van der Waals surface area contributed by atoms with E-state index in [2.05, 4.69) is 16.4 Å². The Kier molecular flexibility index (Phi) is 3.71. The van der Waals surface area contributed by atoms with Crippen molar-refractivity contribution in [2.24, 2.45) is 0 Å². The number of benzene rings is 1. The van der Waals surface area contributed by atoms with Gasteiger partial charge in [0.15, 0.2) is 0 Å². The second-order valence-corrected chi connectivity index (χ2v) is 5.93. The zero-order valence-corrected chi connectivity index (χ0v) is 12.9. The fourth-order valence-corrected chi connectivity index (χ4v) is 3.13. The quantitative estimate of drug-likeness (QED) is 0.918. The number of ether oxygens (including phenoxy) is 1. The summed E-state index contributed by atoms with van der Waals surface area (Å²) in [4.78, 5) is 18.8. The van der Waals surface area contributed by atoms with Crippen LogP contribution in [0.4, 0.5) is 0 Å². The van der Waals surface area contributed by atoms with Crippen LogP contribution in [-0.2, 0) is 6.42 Å². The number of rotatable bonds is 2. The molecule has 1 aromatic heterocycles. The van der Waals surface area contributed by atoms with Gasteiger partial charge in [0.2, 0.25) is 0 Å². The van der Waals surface area contributed by atoms with Crippen molar-refractivity contribution in [3.05, 3.63) is 47.8 Å². The van der Waals surface area contributed by atoms with Crippen molar-refractivity contribution < 1.29 is 9.53 Å². The number of nitrogens with one attached hydrogen (secondary N) is 1. The van der Waals surface area contributed by atoms with Gasteiger partial charge in [-0.2, -0.15) is 0 Å². The number of aromatic nitrogens is 1. The van der Waals surface area contributed by atoms with E-state index in [0.29, 0.717) is 5.56 Å². The van der Waals surface area contributed by atoms with Gasteiger partial charge in [0.1, 0.15) is 5.75 Å². The first-order valence-electron chi connectivity index (χ1n) is 8.02. The van der Waals surface area contributed by atoms with Crippen LogP contribution in [0.15, 0.2) is 36.7 Å². The third kappa shape index (κ3) is 2.80. The second-order valence-electron chi connectivity index (χ2n) is 5.93. The summed E-state index contributed by atoms with van der Waals surface area (Å²) in [6.07, 6.45) is 4.41. The van der Waals surface area contributed by atoms with Gasteiger partial charge in [0.05, 0.1) is 12.2 Å². The molecule has 0 spiro atoms. The maximum absolute atomic E-state index is 12.6. The molecule has 0 aliphatic carbocycles. The minimum atomic E-state index is 0.0605. The van der Waals surface area contributed by atoms with Gasteiger partial charge >= 0.3 is 0 Å². The average Bonchev–Trinajstić information content (AvgIpc) is 3.09. The summed E-state index contributed by atoms with van der Waals surface area (Å²) < 4.78 is 5.55. The lowest BCUT2D eigenvalue weighted by Gasteiger charge is -2.27. The minimum Gasteiger partial charge on any atom is -0.493 e. The molecular weight excluding hydrogens is 290 g/mol. The zero-order valence-electron chi connectivity index (χ0n) is 12.9. The van der Waals surface area contributed by atoms with E-state index in [1.54, 1.807) is 6.20 Å². The van der Waals surface area contributed by atoms with Crippen molar-refractivity contribution >= 4 is 5.91 Å². The molecule has 23 heavy (non-hydrogen) atoms. The van der Waals surface area contributed by atoms with Gasteiger partial charge < -0.3 is 15.0 Å². The molecule has 2 aromatic rings. The van der Waals surface area contributed by atoms with Gasteiger partial charge in [-0.05, 0) is 29.3 Å². The van der Waals surface area contributed by atoms with Crippen molar-refractivity contribution in [3.63, 3.8) is 0 Å². The van der Waals surface area contributed by atoms with Crippen LogP contribution in [0.25, 0.3) is 11.1 Å². The fraction of sp³-hybridized carbons (Fsp3) is 0.333. The lowest BCUT2D eigenvalue weighted by molar-refractivity contribution is 0.0735. The first-order chi connectivity index (χ1) is 11.3. The molecule has 0 atom stereocenters. The Morgan fingerprint density at radius 1 is 1.13 bits per heavy atom. The number of hydrogen-bond donors (Lipinski definition) is 1. The highest BCUT2D eigenvalue weighted by Gasteiger charge is 2.19. The lowest BCUT2D eigenvalue weighted by atomic mass is 10.0. The van der Waals surface area contributed by atoms with E-state index in [9.17, 15) is 4.79 Å². The molecule has 5 nitrogen and oxygen atoms in total. The SMILES string of the molecule is O=C(c1cncc(-c2ccc3c(c2)CCO3)c1)N1CCNCC1. The maximum atomic E-state index is 12.6. The van der Waals surface area contributed by atoms with Crippen molar-refractivity contribution in [3.8, 4) is 16.9 Å². The highest BCUT2D eigenvalue weighted by atomic mass is 16.5. The summed E-state index contributed by atoms with van der Waals surface area (Å²) in [5.41, 5.74) is 3.93. The Hall–Kier alpha value is -2.40. The van der Waals surface area contributed by atoms with Crippen molar-refractivity contribution in [1.82, 2.24) is 15.2 Å². The Morgan fingerprint density at radius 3 is 2.87 bits per heavy atom. The summed E-state index contributed by atoms with van der Waals surface area (Å²) in [6.45, 7) is 3.95. The number of piperazine rings is 1. The topological polar surface area (TPSA) is 54.5 Å². The van der Waals surface area contributed by atoms with Crippen LogP contribution in [0, 0.1) is 0 Å². The largest absolute Gasteiger partial charge is 0.493 e. The van der Waals surface area contributed by atoms with Gasteiger partial charge in [0, 0.05) is 50.6 Å². The van der Waals surface area contributed by atoms with E-state index in [0.717, 1.165) is 56.1 Å². The number of carbonyl (C=O) groups excluding carboxylic acids is 1. The molecule has 3 heterocycles. The molecule has 0 unspecified atom stereocenters. The zero-order chi connectivity index (χ0) is 15.6. The van der Waals surface area contributed by atoms with Crippen LogP contribution in [0.1, 0.15) is 15.9 Å². The van der Waals surface area contributed by atoms with Crippen molar-refractivity contribution in [2.75, 3.05) is 32.8 Å². The number of nitrogens with zero attached hydrogens (tertiary/aromatic N) is 2. The van der Waals surface area contributed by atoms with Crippen LogP contribution in [0.3, 0.4) is 0 Å². The summed E-state index contributed by atoms with van der Waals surface area (Å²) in [7, 11) is 0. The molecule has 0 bridgehead atoms. The molecule has 1 aromatic carbocycles. The minimum absolute atomic E-state index is 0.0605. The molecule has 1 fully saturated rings. The molecule has 2 aliphatic heterocycles. The number of carbonyl (C=O) groups is 1. The average molecular weight is 309 g/mol. The van der Waals surface area contributed by atoms with Gasteiger partial charge in [0.25, 0.3) is 5.91 Å². The number of hydrogen-bond acceptors (Lipinski definition) is 4. The fourth-order valence-electron chi connectivity index (χ4n) is 3.13. The predicted octanol–water partition coefficient (Wildman–Crippen LogP) is 1.73. The normalized spacial score (nSPS) is 16.8. The molecule has 2 aliphatic rings. The molecular formula is C18H19N3O2. The van der Waals surface area contributed by atoms with E-state index >= 15 is 0 Å². The third-order valence-electron chi connectivity index (χ3n) is 4.41. The predicted molar refractivity (Wildman–Crippen MR) is 87.6 cm³/mol. The number of fused-ring (bicyclic) bond motifs is 1. The van der Waals surface area contributed by atoms with Gasteiger partial charge in [-0.15, -0.1) is 0 Å². The molecule has 5 heteroatoms. The van der Waals surface area contributed by atoms with E-state index in [-0.39, 0.29) is 5.91 Å². The molecule has 118 valence electrons. The molecule has 4 rings (SSSR count). The van der Waals surface area contributed by atoms with E-state index in [1.165, 1.54) is 5.56 Å². The van der Waals surface area contributed by atoms with Crippen molar-refractivity contribution in [2.45, 2.75) is 6.42 Å². The van der Waals surface area contributed by atoms with Crippen LogP contribution in [0.5, 0.6) is 5.75 Å². The highest BCUT2D eigenvalue weighted by molar-refractivity contribution is 5.95. The summed E-state index contributed by atoms with van der Waals surface area (Å²) >= 11 is 0. The standard InChI is InChI=1S/C18H19N3O2/c22-18(21-6-4-19-5-7-21)16-10-15(11-20-12-16)13-1-2-17-14(9-13)3-8-23-17/h1-2,9-12,19H,3-8H2. The monoisotopic (exact) mass is 309 g/mol. The third-order valence-corrected chi connectivity index (χ3v) is 4.41. The summed E-state index contributed by atoms with van der Waals surface area (Å²) in [5, 5.41) is 3.26. The van der Waals surface area contributed by atoms with Crippen molar-refractivity contribution in [1.29, 1.82) is 0 Å². The maximum Gasteiger partial charge on any atom is 0.255 e. The molecule has 1 saturated heterocycles. The van der Waals surface area contributed by atoms with Gasteiger partial charge in [-0.25, -0.2) is 0 Å². The molecule has 1 N–H and O–H groups in total. The molecule has 1 amide bonds. The first-order valence-corrected chi connectivity index (χ1v) is 8.02. The second kappa shape index (κ2) is 6.01. The molecule has 0 saturated carbocycles. The van der Waals surface area contributed by atoms with E-state index in [1.807, 2.05) is 29.3 Å². The van der Waals surface area contributed by atoms with Crippen LogP contribution in [-0.4, -0.2) is 48.6 Å². The lowest BCUT2D eigenvalue weighted by Crippen LogP contribution is -2.46. The Balaban J connectivity index is 1.62. The molecule has 0 radical (unpaired) electrons. The van der Waals surface area contributed by atoms with Gasteiger partial charge in [-0.1, -0.05) is 6.07 Å². The van der Waals surface area contributed by atoms with Crippen LogP contribution >= 0.6 is 0 Å². The Bertz CT molecular complexity index is 739. The highest BCUT2D eigenvalue weighted by Crippen LogP contribution is 2.30. The van der Waals surface area contributed by atoms with Crippen LogP contribution < -0.4 is 10.1 Å². The smallest absolute Gasteiger partial charge is 0.255 e. The van der Waals surface area contributed by atoms with Gasteiger partial charge in [-0.3, -0.25) is 9.78 Å². The first kappa shape index (κ1) is 14.2. The van der Waals surface area contributed by atoms with Crippen LogP contribution in [0.2, 0.25) is 0 Å². The van der Waals surface area contributed by atoms with E-state index in [4.69, 9.17) is 4.74 Å². The van der Waals surface area contributed by atoms with E-state index < -0.39 is 0 Å². The Labute approximate surface area is 135 Å². The Morgan fingerprint density at radius 2 is 2.00 bits per heavy atom. The number of pyridine rings is 1.